The summed E-state index contributed by atoms with van der Waals surface area (Å²) in [6.45, 7) is 0.913. The number of nitrogens with zero attached hydrogens (tertiary/aromatic N) is 1. The Hall–Kier alpha value is -2.03. The molecule has 2 rings (SSSR count). The van der Waals surface area contributed by atoms with Gasteiger partial charge >= 0.3 is 0 Å². The normalized spacial score (nSPS) is 9.94. The first kappa shape index (κ1) is 11.5. The van der Waals surface area contributed by atoms with Gasteiger partial charge in [-0.1, -0.05) is 0 Å². The molecule has 1 heterocycles. The summed E-state index contributed by atoms with van der Waals surface area (Å²) in [5.74, 6) is 0.879. The highest BCUT2D eigenvalue weighted by Gasteiger charge is 1.94. The van der Waals surface area contributed by atoms with Crippen molar-refractivity contribution in [1.29, 1.82) is 0 Å². The second kappa shape index (κ2) is 5.89. The fraction of sp³-hybridized carbons (Fsp3) is 0.214. The minimum Gasteiger partial charge on any atom is -0.497 e. The number of ether oxygens (including phenoxy) is 1. The van der Waals surface area contributed by atoms with Gasteiger partial charge in [-0.3, -0.25) is 4.98 Å². The number of benzene rings is 1. The first-order chi connectivity index (χ1) is 8.38. The zero-order valence-corrected chi connectivity index (χ0v) is 9.89. The molecule has 0 amide bonds. The third-order valence-corrected chi connectivity index (χ3v) is 2.58. The van der Waals surface area contributed by atoms with Crippen molar-refractivity contribution in [3.63, 3.8) is 0 Å². The van der Waals surface area contributed by atoms with Gasteiger partial charge in [-0.05, 0) is 48.4 Å². The van der Waals surface area contributed by atoms with Crippen LogP contribution in [0, 0.1) is 0 Å². The van der Waals surface area contributed by atoms with Crippen LogP contribution >= 0.6 is 0 Å². The summed E-state index contributed by atoms with van der Waals surface area (Å²) in [7, 11) is 1.67. The predicted molar refractivity (Wildman–Crippen MR) is 69.4 cm³/mol. The maximum Gasteiger partial charge on any atom is 0.119 e. The molecular formula is C14H16N2O. The van der Waals surface area contributed by atoms with Crippen LogP contribution in [0.2, 0.25) is 0 Å². The van der Waals surface area contributed by atoms with Crippen LogP contribution in [-0.2, 0) is 6.42 Å². The molecule has 3 heteroatoms. The van der Waals surface area contributed by atoms with Gasteiger partial charge in [-0.25, -0.2) is 0 Å². The Bertz CT molecular complexity index is 440. The Balaban J connectivity index is 1.82. The second-order valence-corrected chi connectivity index (χ2v) is 3.76. The number of anilines is 1. The maximum absolute atomic E-state index is 5.11. The van der Waals surface area contributed by atoms with Crippen LogP contribution in [0.3, 0.4) is 0 Å². The lowest BCUT2D eigenvalue weighted by Crippen LogP contribution is -2.04. The lowest BCUT2D eigenvalue weighted by atomic mass is 10.2. The van der Waals surface area contributed by atoms with Crippen LogP contribution in [0.15, 0.2) is 48.8 Å². The smallest absolute Gasteiger partial charge is 0.119 e. The lowest BCUT2D eigenvalue weighted by molar-refractivity contribution is 0.415. The van der Waals surface area contributed by atoms with Crippen molar-refractivity contribution in [2.45, 2.75) is 6.42 Å². The Labute approximate surface area is 101 Å². The van der Waals surface area contributed by atoms with Crippen molar-refractivity contribution in [3.05, 3.63) is 54.4 Å². The van der Waals surface area contributed by atoms with E-state index in [4.69, 9.17) is 4.74 Å². The van der Waals surface area contributed by atoms with E-state index in [1.165, 1.54) is 5.56 Å². The largest absolute Gasteiger partial charge is 0.497 e. The van der Waals surface area contributed by atoms with E-state index in [0.29, 0.717) is 0 Å². The molecule has 0 unspecified atom stereocenters. The van der Waals surface area contributed by atoms with Gasteiger partial charge in [0.25, 0.3) is 0 Å². The average molecular weight is 228 g/mol. The highest BCUT2D eigenvalue weighted by molar-refractivity contribution is 5.46. The molecule has 0 aliphatic rings. The molecule has 88 valence electrons. The van der Waals surface area contributed by atoms with E-state index in [-0.39, 0.29) is 0 Å². The minimum absolute atomic E-state index is 0.879. The van der Waals surface area contributed by atoms with Crippen LogP contribution in [-0.4, -0.2) is 18.6 Å². The number of aromatic nitrogens is 1. The van der Waals surface area contributed by atoms with Crippen molar-refractivity contribution < 1.29 is 4.74 Å². The standard InChI is InChI=1S/C14H16N2O/c1-17-14-4-2-13(3-5-14)16-11-8-12-6-9-15-10-7-12/h2-7,9-10,16H,8,11H2,1H3. The fourth-order valence-corrected chi connectivity index (χ4v) is 1.61. The lowest BCUT2D eigenvalue weighted by Gasteiger charge is -2.07. The maximum atomic E-state index is 5.11. The number of hydrogen-bond acceptors (Lipinski definition) is 3. The molecule has 0 atom stereocenters. The predicted octanol–water partition coefficient (Wildman–Crippen LogP) is 2.74. The topological polar surface area (TPSA) is 34.1 Å². The van der Waals surface area contributed by atoms with Crippen LogP contribution < -0.4 is 10.1 Å². The van der Waals surface area contributed by atoms with Crippen molar-refractivity contribution >= 4 is 5.69 Å². The quantitative estimate of drug-likeness (QED) is 0.854. The van der Waals surface area contributed by atoms with Gasteiger partial charge in [-0.2, -0.15) is 0 Å². The molecule has 0 aliphatic carbocycles. The summed E-state index contributed by atoms with van der Waals surface area (Å²) in [4.78, 5) is 4.00. The van der Waals surface area contributed by atoms with E-state index >= 15 is 0 Å². The van der Waals surface area contributed by atoms with Gasteiger partial charge in [0.15, 0.2) is 0 Å². The number of rotatable bonds is 5. The number of hydrogen-bond donors (Lipinski definition) is 1. The molecule has 1 aromatic heterocycles. The molecule has 0 radical (unpaired) electrons. The van der Waals surface area contributed by atoms with Gasteiger partial charge in [0.05, 0.1) is 7.11 Å². The Morgan fingerprint density at radius 3 is 2.41 bits per heavy atom. The highest BCUT2D eigenvalue weighted by Crippen LogP contribution is 2.14. The summed E-state index contributed by atoms with van der Waals surface area (Å²) >= 11 is 0. The van der Waals surface area contributed by atoms with E-state index in [2.05, 4.69) is 10.3 Å². The summed E-state index contributed by atoms with van der Waals surface area (Å²) in [5.41, 5.74) is 2.40. The molecule has 3 nitrogen and oxygen atoms in total. The zero-order chi connectivity index (χ0) is 11.9. The molecule has 1 aromatic carbocycles. The monoisotopic (exact) mass is 228 g/mol. The van der Waals surface area contributed by atoms with E-state index in [1.807, 2.05) is 48.8 Å². The fourth-order valence-electron chi connectivity index (χ4n) is 1.61. The molecule has 0 aliphatic heterocycles. The van der Waals surface area contributed by atoms with E-state index in [0.717, 1.165) is 24.4 Å². The van der Waals surface area contributed by atoms with Gasteiger partial charge in [-0.15, -0.1) is 0 Å². The molecule has 0 fully saturated rings. The van der Waals surface area contributed by atoms with E-state index in [9.17, 15) is 0 Å². The Kier molecular flexibility index (Phi) is 3.97. The third kappa shape index (κ3) is 3.48. The second-order valence-electron chi connectivity index (χ2n) is 3.76. The Morgan fingerprint density at radius 1 is 1.06 bits per heavy atom. The van der Waals surface area contributed by atoms with Gasteiger partial charge < -0.3 is 10.1 Å². The van der Waals surface area contributed by atoms with Crippen LogP contribution in [0.1, 0.15) is 5.56 Å². The van der Waals surface area contributed by atoms with Gasteiger partial charge in [0.1, 0.15) is 5.75 Å². The molecule has 17 heavy (non-hydrogen) atoms. The van der Waals surface area contributed by atoms with Crippen molar-refractivity contribution in [2.75, 3.05) is 19.0 Å². The molecule has 2 aromatic rings. The molecule has 0 saturated heterocycles. The van der Waals surface area contributed by atoms with Crippen molar-refractivity contribution in [2.24, 2.45) is 0 Å². The average Bonchev–Trinajstić information content (AvgIpc) is 2.41. The third-order valence-electron chi connectivity index (χ3n) is 2.58. The number of methoxy groups -OCH3 is 1. The van der Waals surface area contributed by atoms with E-state index in [1.54, 1.807) is 7.11 Å². The van der Waals surface area contributed by atoms with Crippen LogP contribution in [0.5, 0.6) is 5.75 Å². The van der Waals surface area contributed by atoms with E-state index < -0.39 is 0 Å². The highest BCUT2D eigenvalue weighted by atomic mass is 16.5. The molecular weight excluding hydrogens is 212 g/mol. The van der Waals surface area contributed by atoms with Crippen molar-refractivity contribution in [3.8, 4) is 5.75 Å². The van der Waals surface area contributed by atoms with Gasteiger partial charge in [0.2, 0.25) is 0 Å². The first-order valence-electron chi connectivity index (χ1n) is 5.65. The molecule has 0 spiro atoms. The summed E-state index contributed by atoms with van der Waals surface area (Å²) in [5, 5.41) is 3.37. The summed E-state index contributed by atoms with van der Waals surface area (Å²) in [6, 6.07) is 12.0. The number of pyridine rings is 1. The summed E-state index contributed by atoms with van der Waals surface area (Å²) < 4.78 is 5.11. The first-order valence-corrected chi connectivity index (χ1v) is 5.65. The molecule has 1 N–H and O–H groups in total. The molecule has 0 bridgehead atoms. The minimum atomic E-state index is 0.879. The SMILES string of the molecule is COc1ccc(NCCc2ccncc2)cc1. The summed E-state index contributed by atoms with van der Waals surface area (Å²) in [6.07, 6.45) is 4.64. The number of nitrogens with one attached hydrogen (secondary N) is 1. The van der Waals surface area contributed by atoms with Crippen LogP contribution in [0.25, 0.3) is 0 Å². The van der Waals surface area contributed by atoms with Gasteiger partial charge in [0, 0.05) is 24.6 Å². The van der Waals surface area contributed by atoms with Crippen molar-refractivity contribution in [1.82, 2.24) is 4.98 Å². The molecule has 0 saturated carbocycles. The van der Waals surface area contributed by atoms with Crippen LogP contribution in [0.4, 0.5) is 5.69 Å². The Morgan fingerprint density at radius 2 is 1.76 bits per heavy atom. The zero-order valence-electron chi connectivity index (χ0n) is 9.89.